The third kappa shape index (κ3) is 4.55. The van der Waals surface area contributed by atoms with Gasteiger partial charge >= 0.3 is 0 Å². The molecule has 0 fully saturated rings. The normalized spacial score (nSPS) is 13.4. The lowest BCUT2D eigenvalue weighted by Gasteiger charge is -2.42. The summed E-state index contributed by atoms with van der Waals surface area (Å²) in [5.41, 5.74) is 11.6. The average Bonchev–Trinajstić information content (AvgIpc) is 3.78. The zero-order chi connectivity index (χ0) is 38.4. The van der Waals surface area contributed by atoms with Crippen LogP contribution in [0.15, 0.2) is 194 Å². The number of para-hydroxylation sites is 3. The third-order valence-electron chi connectivity index (χ3n) is 12.1. The van der Waals surface area contributed by atoms with Gasteiger partial charge in [-0.3, -0.25) is 4.90 Å². The molecule has 0 saturated carbocycles. The minimum Gasteiger partial charge on any atom is -0.309 e. The lowest BCUT2D eigenvalue weighted by Crippen LogP contribution is -2.75. The molecule has 0 aliphatic carbocycles. The van der Waals surface area contributed by atoms with Gasteiger partial charge in [-0.25, -0.2) is 4.98 Å². The molecule has 8 aromatic carbocycles. The van der Waals surface area contributed by atoms with Crippen LogP contribution in [-0.2, 0) is 0 Å². The standard InChI is InChI=1S/C52H35N5Si/c1-34-28-30-37(31-29-34)56-40-22-10-8-20-38(40)48-43(56)32-33-47-49(48)39-21-9-13-25-44(39)58(47)45-26-14-11-23-41(45)57(42-24-12-15-27-46(42)58)52-54-50(35-16-4-2-5-17-35)53-51(55-52)36-18-6-3-7-19-36/h2-33H,1H3. The molecule has 10 aromatic rings. The van der Waals surface area contributed by atoms with Crippen molar-refractivity contribution in [3.8, 4) is 39.6 Å². The van der Waals surface area contributed by atoms with Gasteiger partial charge in [0.1, 0.15) is 0 Å². The highest BCUT2D eigenvalue weighted by Gasteiger charge is 2.54. The monoisotopic (exact) mass is 757 g/mol. The van der Waals surface area contributed by atoms with Crippen LogP contribution in [0.5, 0.6) is 0 Å². The second-order valence-corrected chi connectivity index (χ2v) is 18.9. The Kier molecular flexibility index (Phi) is 7.09. The first kappa shape index (κ1) is 32.8. The van der Waals surface area contributed by atoms with Gasteiger partial charge in [0.15, 0.2) is 19.7 Å². The molecule has 0 radical (unpaired) electrons. The Bertz CT molecular complexity index is 3140. The molecule has 2 aliphatic heterocycles. The van der Waals surface area contributed by atoms with E-state index in [1.54, 1.807) is 0 Å². The number of benzene rings is 8. The summed E-state index contributed by atoms with van der Waals surface area (Å²) in [5, 5.41) is 8.05. The molecule has 0 bridgehead atoms. The summed E-state index contributed by atoms with van der Waals surface area (Å²) < 4.78 is 2.44. The Labute approximate surface area is 337 Å². The van der Waals surface area contributed by atoms with Gasteiger partial charge in [-0.1, -0.05) is 163 Å². The predicted molar refractivity (Wildman–Crippen MR) is 241 cm³/mol. The Hall–Kier alpha value is -7.41. The number of aromatic nitrogens is 4. The molecule has 0 amide bonds. The van der Waals surface area contributed by atoms with Crippen LogP contribution < -0.4 is 25.6 Å². The molecule has 2 aromatic heterocycles. The van der Waals surface area contributed by atoms with Gasteiger partial charge in [-0.05, 0) is 75.2 Å². The largest absolute Gasteiger partial charge is 0.309 e. The molecule has 1 spiro atoms. The molecular formula is C52H35N5Si. The molecule has 4 heterocycles. The molecule has 2 aliphatic rings. The van der Waals surface area contributed by atoms with Crippen LogP contribution in [0.25, 0.3) is 61.4 Å². The fourth-order valence-electron chi connectivity index (χ4n) is 9.74. The molecule has 5 nitrogen and oxygen atoms in total. The third-order valence-corrected chi connectivity index (χ3v) is 17.1. The van der Waals surface area contributed by atoms with E-state index in [1.165, 1.54) is 64.9 Å². The molecule has 0 N–H and O–H groups in total. The number of aryl methyl sites for hydroxylation is 1. The van der Waals surface area contributed by atoms with E-state index in [-0.39, 0.29) is 0 Å². The van der Waals surface area contributed by atoms with Crippen LogP contribution in [0.1, 0.15) is 5.56 Å². The van der Waals surface area contributed by atoms with Crippen molar-refractivity contribution >= 4 is 67.9 Å². The number of anilines is 3. The van der Waals surface area contributed by atoms with Crippen LogP contribution in [0, 0.1) is 6.92 Å². The van der Waals surface area contributed by atoms with Crippen molar-refractivity contribution in [1.29, 1.82) is 0 Å². The number of rotatable bonds is 4. The second kappa shape index (κ2) is 12.5. The zero-order valence-corrected chi connectivity index (χ0v) is 32.7. The SMILES string of the molecule is Cc1ccc(-n2c3ccccc3c3c4c(ccc32)[Si]2(c3ccccc3-4)c3ccccc3N(c3nc(-c4ccccc4)nc(-c4ccccc4)n3)c3ccccc32)cc1. The summed E-state index contributed by atoms with van der Waals surface area (Å²) in [6.07, 6.45) is 0. The van der Waals surface area contributed by atoms with Gasteiger partial charge in [0.05, 0.1) is 11.0 Å². The van der Waals surface area contributed by atoms with Gasteiger partial charge < -0.3 is 4.57 Å². The average molecular weight is 758 g/mol. The number of hydrogen-bond acceptors (Lipinski definition) is 4. The Balaban J connectivity index is 1.17. The van der Waals surface area contributed by atoms with E-state index in [4.69, 9.17) is 15.0 Å². The van der Waals surface area contributed by atoms with Gasteiger partial charge in [0, 0.05) is 39.0 Å². The smallest absolute Gasteiger partial charge is 0.238 e. The van der Waals surface area contributed by atoms with Crippen molar-refractivity contribution in [2.24, 2.45) is 0 Å². The maximum Gasteiger partial charge on any atom is 0.238 e. The molecule has 0 saturated heterocycles. The van der Waals surface area contributed by atoms with E-state index in [1.807, 2.05) is 36.4 Å². The fourth-order valence-corrected chi connectivity index (χ4v) is 15.3. The summed E-state index contributed by atoms with van der Waals surface area (Å²) in [4.78, 5) is 17.9. The first-order valence-electron chi connectivity index (χ1n) is 19.8. The van der Waals surface area contributed by atoms with E-state index < -0.39 is 8.07 Å². The van der Waals surface area contributed by atoms with Gasteiger partial charge in [-0.2, -0.15) is 9.97 Å². The maximum absolute atomic E-state index is 5.28. The van der Waals surface area contributed by atoms with Gasteiger partial charge in [0.2, 0.25) is 5.95 Å². The van der Waals surface area contributed by atoms with Crippen LogP contribution in [0.3, 0.4) is 0 Å². The van der Waals surface area contributed by atoms with Gasteiger partial charge in [-0.15, -0.1) is 0 Å². The fraction of sp³-hybridized carbons (Fsp3) is 0.0192. The molecule has 6 heteroatoms. The highest BCUT2D eigenvalue weighted by atomic mass is 28.3. The van der Waals surface area contributed by atoms with E-state index in [0.29, 0.717) is 17.6 Å². The van der Waals surface area contributed by atoms with Crippen molar-refractivity contribution < 1.29 is 0 Å². The summed E-state index contributed by atoms with van der Waals surface area (Å²) in [6.45, 7) is 2.15. The van der Waals surface area contributed by atoms with Gasteiger partial charge in [0.25, 0.3) is 0 Å². The van der Waals surface area contributed by atoms with Crippen LogP contribution in [0.2, 0.25) is 0 Å². The number of nitrogens with zero attached hydrogens (tertiary/aromatic N) is 5. The highest BCUT2D eigenvalue weighted by molar-refractivity contribution is 7.23. The number of hydrogen-bond donors (Lipinski definition) is 0. The van der Waals surface area contributed by atoms with E-state index in [0.717, 1.165) is 22.5 Å². The first-order chi connectivity index (χ1) is 28.7. The highest BCUT2D eigenvalue weighted by Crippen LogP contribution is 2.45. The minimum atomic E-state index is -2.94. The molecule has 12 rings (SSSR count). The zero-order valence-electron chi connectivity index (χ0n) is 31.7. The summed E-state index contributed by atoms with van der Waals surface area (Å²) in [5.74, 6) is 1.88. The molecule has 0 atom stereocenters. The second-order valence-electron chi connectivity index (χ2n) is 15.3. The first-order valence-corrected chi connectivity index (χ1v) is 21.8. The lowest BCUT2D eigenvalue weighted by molar-refractivity contribution is 1.02. The summed E-state index contributed by atoms with van der Waals surface area (Å²) in [7, 11) is -2.94. The summed E-state index contributed by atoms with van der Waals surface area (Å²) in [6, 6.07) is 70.3. The maximum atomic E-state index is 5.28. The Morgan fingerprint density at radius 3 is 1.64 bits per heavy atom. The minimum absolute atomic E-state index is 0.597. The van der Waals surface area contributed by atoms with Crippen LogP contribution in [-0.4, -0.2) is 27.6 Å². The Morgan fingerprint density at radius 1 is 0.431 bits per heavy atom. The van der Waals surface area contributed by atoms with Crippen LogP contribution in [0.4, 0.5) is 17.3 Å². The molecular weight excluding hydrogens is 723 g/mol. The predicted octanol–water partition coefficient (Wildman–Crippen LogP) is 9.75. The van der Waals surface area contributed by atoms with E-state index in [2.05, 4.69) is 174 Å². The van der Waals surface area contributed by atoms with Crippen LogP contribution >= 0.6 is 0 Å². The lowest BCUT2D eigenvalue weighted by atomic mass is 9.99. The van der Waals surface area contributed by atoms with E-state index >= 15 is 0 Å². The van der Waals surface area contributed by atoms with Crippen molar-refractivity contribution in [3.63, 3.8) is 0 Å². The quantitative estimate of drug-likeness (QED) is 0.168. The molecule has 0 unspecified atom stereocenters. The number of fused-ring (bicyclic) bond motifs is 13. The van der Waals surface area contributed by atoms with Crippen molar-refractivity contribution in [2.45, 2.75) is 6.92 Å². The van der Waals surface area contributed by atoms with E-state index in [9.17, 15) is 0 Å². The summed E-state index contributed by atoms with van der Waals surface area (Å²) >= 11 is 0. The van der Waals surface area contributed by atoms with Crippen molar-refractivity contribution in [2.75, 3.05) is 4.90 Å². The molecule has 272 valence electrons. The van der Waals surface area contributed by atoms with Crippen molar-refractivity contribution in [1.82, 2.24) is 19.5 Å². The topological polar surface area (TPSA) is 46.8 Å². The Morgan fingerprint density at radius 2 is 0.983 bits per heavy atom. The van der Waals surface area contributed by atoms with Crippen molar-refractivity contribution in [3.05, 3.63) is 200 Å². The molecule has 58 heavy (non-hydrogen) atoms.